The Labute approximate surface area is 154 Å². The van der Waals surface area contributed by atoms with Crippen LogP contribution in [-0.4, -0.2) is 23.0 Å². The molecule has 1 amide bonds. The number of benzene rings is 2. The largest absolute Gasteiger partial charge is 0.497 e. The van der Waals surface area contributed by atoms with E-state index < -0.39 is 0 Å². The van der Waals surface area contributed by atoms with Gasteiger partial charge in [-0.05, 0) is 47.9 Å². The van der Waals surface area contributed by atoms with E-state index in [0.29, 0.717) is 0 Å². The number of amides is 1. The van der Waals surface area contributed by atoms with E-state index in [9.17, 15) is 4.79 Å². The molecule has 2 aromatic heterocycles. The van der Waals surface area contributed by atoms with E-state index in [1.807, 2.05) is 60.1 Å². The van der Waals surface area contributed by atoms with Crippen molar-refractivity contribution in [3.05, 3.63) is 65.8 Å². The SMILES string of the molecule is COc1ccc(-c2nc(CC(=O)Nc3ccc4cc[nH]c4c3)cs2)cc1. The second kappa shape index (κ2) is 7.01. The van der Waals surface area contributed by atoms with Crippen LogP contribution in [0.25, 0.3) is 21.5 Å². The van der Waals surface area contributed by atoms with Gasteiger partial charge >= 0.3 is 0 Å². The van der Waals surface area contributed by atoms with Crippen LogP contribution >= 0.6 is 11.3 Å². The summed E-state index contributed by atoms with van der Waals surface area (Å²) in [5, 5.41) is 6.86. The Balaban J connectivity index is 1.43. The zero-order valence-corrected chi connectivity index (χ0v) is 15.0. The number of rotatable bonds is 5. The zero-order chi connectivity index (χ0) is 17.9. The number of hydrogen-bond donors (Lipinski definition) is 2. The summed E-state index contributed by atoms with van der Waals surface area (Å²) >= 11 is 1.53. The molecule has 0 saturated heterocycles. The van der Waals surface area contributed by atoms with Crippen molar-refractivity contribution in [2.24, 2.45) is 0 Å². The number of aromatic nitrogens is 2. The van der Waals surface area contributed by atoms with Crippen LogP contribution < -0.4 is 10.1 Å². The Hall–Kier alpha value is -3.12. The molecule has 26 heavy (non-hydrogen) atoms. The molecule has 0 aliphatic carbocycles. The number of carbonyl (C=O) groups is 1. The number of aromatic amines is 1. The first-order valence-corrected chi connectivity index (χ1v) is 9.05. The lowest BCUT2D eigenvalue weighted by Crippen LogP contribution is -2.14. The fourth-order valence-corrected chi connectivity index (χ4v) is 3.58. The minimum Gasteiger partial charge on any atom is -0.497 e. The van der Waals surface area contributed by atoms with Crippen LogP contribution in [0.2, 0.25) is 0 Å². The Bertz CT molecular complexity index is 1050. The molecule has 0 unspecified atom stereocenters. The second-order valence-corrected chi connectivity index (χ2v) is 6.74. The Morgan fingerprint density at radius 1 is 1.19 bits per heavy atom. The van der Waals surface area contributed by atoms with Crippen LogP contribution in [0.4, 0.5) is 5.69 Å². The van der Waals surface area contributed by atoms with E-state index in [0.717, 1.165) is 38.6 Å². The summed E-state index contributed by atoms with van der Waals surface area (Å²) in [6, 6.07) is 15.5. The van der Waals surface area contributed by atoms with Gasteiger partial charge in [0.2, 0.25) is 5.91 Å². The zero-order valence-electron chi connectivity index (χ0n) is 14.2. The molecule has 0 bridgehead atoms. The van der Waals surface area contributed by atoms with Crippen LogP contribution in [0.5, 0.6) is 5.75 Å². The van der Waals surface area contributed by atoms with Gasteiger partial charge in [-0.2, -0.15) is 0 Å². The Kier molecular flexibility index (Phi) is 4.41. The molecule has 0 fully saturated rings. The van der Waals surface area contributed by atoms with Crippen molar-refractivity contribution in [3.63, 3.8) is 0 Å². The number of methoxy groups -OCH3 is 1. The number of carbonyl (C=O) groups excluding carboxylic acids is 1. The minimum absolute atomic E-state index is 0.0810. The third kappa shape index (κ3) is 3.45. The molecule has 5 nitrogen and oxygen atoms in total. The molecule has 0 radical (unpaired) electrons. The van der Waals surface area contributed by atoms with Crippen molar-refractivity contribution in [3.8, 4) is 16.3 Å². The lowest BCUT2D eigenvalue weighted by Gasteiger charge is -2.04. The lowest BCUT2D eigenvalue weighted by molar-refractivity contribution is -0.115. The van der Waals surface area contributed by atoms with Crippen LogP contribution in [0, 0.1) is 0 Å². The normalized spacial score (nSPS) is 10.8. The van der Waals surface area contributed by atoms with Gasteiger partial charge in [0.15, 0.2) is 0 Å². The maximum atomic E-state index is 12.3. The highest BCUT2D eigenvalue weighted by Crippen LogP contribution is 2.26. The smallest absolute Gasteiger partial charge is 0.230 e. The standard InChI is InChI=1S/C20H17N3O2S/c1-25-17-6-3-14(4-7-17)20-23-16(12-26-20)11-19(24)22-15-5-2-13-8-9-21-18(13)10-15/h2-10,12,21H,11H2,1H3,(H,22,24). The first-order chi connectivity index (χ1) is 12.7. The van der Waals surface area contributed by atoms with Gasteiger partial charge in [0.05, 0.1) is 19.2 Å². The number of nitrogens with one attached hydrogen (secondary N) is 2. The molecule has 0 aliphatic rings. The van der Waals surface area contributed by atoms with E-state index in [1.165, 1.54) is 11.3 Å². The highest BCUT2D eigenvalue weighted by Gasteiger charge is 2.10. The molecule has 0 aliphatic heterocycles. The van der Waals surface area contributed by atoms with Gasteiger partial charge in [0.1, 0.15) is 10.8 Å². The van der Waals surface area contributed by atoms with E-state index in [2.05, 4.69) is 15.3 Å². The average molecular weight is 363 g/mol. The molecule has 0 atom stereocenters. The molecule has 130 valence electrons. The van der Waals surface area contributed by atoms with Crippen molar-refractivity contribution in [1.82, 2.24) is 9.97 Å². The summed E-state index contributed by atoms with van der Waals surface area (Å²) < 4.78 is 5.17. The number of hydrogen-bond acceptors (Lipinski definition) is 4. The third-order valence-electron chi connectivity index (χ3n) is 4.07. The molecule has 4 rings (SSSR count). The maximum Gasteiger partial charge on any atom is 0.230 e. The highest BCUT2D eigenvalue weighted by molar-refractivity contribution is 7.13. The number of nitrogens with zero attached hydrogens (tertiary/aromatic N) is 1. The van der Waals surface area contributed by atoms with Crippen molar-refractivity contribution in [2.75, 3.05) is 12.4 Å². The van der Waals surface area contributed by atoms with Gasteiger partial charge in [-0.15, -0.1) is 11.3 Å². The van der Waals surface area contributed by atoms with Crippen molar-refractivity contribution in [1.29, 1.82) is 0 Å². The third-order valence-corrected chi connectivity index (χ3v) is 5.01. The predicted octanol–water partition coefficient (Wildman–Crippen LogP) is 4.48. The summed E-state index contributed by atoms with van der Waals surface area (Å²) in [4.78, 5) is 20.0. The molecule has 4 aromatic rings. The van der Waals surface area contributed by atoms with Gasteiger partial charge in [-0.1, -0.05) is 6.07 Å². The van der Waals surface area contributed by atoms with E-state index in [4.69, 9.17) is 4.74 Å². The first-order valence-electron chi connectivity index (χ1n) is 8.17. The number of thiazole rings is 1. The molecular formula is C20H17N3O2S. The molecule has 6 heteroatoms. The topological polar surface area (TPSA) is 67.0 Å². The summed E-state index contributed by atoms with van der Waals surface area (Å²) in [6.45, 7) is 0. The predicted molar refractivity (Wildman–Crippen MR) is 105 cm³/mol. The summed E-state index contributed by atoms with van der Waals surface area (Å²) in [7, 11) is 1.64. The second-order valence-electron chi connectivity index (χ2n) is 5.88. The first kappa shape index (κ1) is 16.4. The monoisotopic (exact) mass is 363 g/mol. The number of anilines is 1. The van der Waals surface area contributed by atoms with Crippen LogP contribution in [0.3, 0.4) is 0 Å². The van der Waals surface area contributed by atoms with Gasteiger partial charge in [0, 0.05) is 28.3 Å². The minimum atomic E-state index is -0.0810. The van der Waals surface area contributed by atoms with Gasteiger partial charge < -0.3 is 15.0 Å². The Morgan fingerprint density at radius 2 is 2.04 bits per heavy atom. The lowest BCUT2D eigenvalue weighted by atomic mass is 10.2. The average Bonchev–Trinajstić information content (AvgIpc) is 3.30. The fourth-order valence-electron chi connectivity index (χ4n) is 2.75. The number of fused-ring (bicyclic) bond motifs is 1. The van der Waals surface area contributed by atoms with Gasteiger partial charge in [-0.25, -0.2) is 4.98 Å². The van der Waals surface area contributed by atoms with Crippen molar-refractivity contribution >= 4 is 33.8 Å². The molecule has 2 heterocycles. The number of ether oxygens (including phenoxy) is 1. The van der Waals surface area contributed by atoms with Gasteiger partial charge in [-0.3, -0.25) is 4.79 Å². The summed E-state index contributed by atoms with van der Waals surface area (Å²) in [6.07, 6.45) is 2.13. The molecular weight excluding hydrogens is 346 g/mol. The molecule has 0 saturated carbocycles. The highest BCUT2D eigenvalue weighted by atomic mass is 32.1. The van der Waals surface area contributed by atoms with Crippen molar-refractivity contribution in [2.45, 2.75) is 6.42 Å². The summed E-state index contributed by atoms with van der Waals surface area (Å²) in [5.74, 6) is 0.728. The quantitative estimate of drug-likeness (QED) is 0.549. The molecule has 0 spiro atoms. The molecule has 2 aromatic carbocycles. The summed E-state index contributed by atoms with van der Waals surface area (Å²) in [5.41, 5.74) is 3.55. The van der Waals surface area contributed by atoms with E-state index in [-0.39, 0.29) is 12.3 Å². The fraction of sp³-hybridized carbons (Fsp3) is 0.100. The van der Waals surface area contributed by atoms with Crippen LogP contribution in [0.1, 0.15) is 5.69 Å². The Morgan fingerprint density at radius 3 is 2.85 bits per heavy atom. The van der Waals surface area contributed by atoms with Gasteiger partial charge in [0.25, 0.3) is 0 Å². The van der Waals surface area contributed by atoms with Crippen LogP contribution in [-0.2, 0) is 11.2 Å². The number of H-pyrrole nitrogens is 1. The van der Waals surface area contributed by atoms with E-state index >= 15 is 0 Å². The van der Waals surface area contributed by atoms with Crippen LogP contribution in [0.15, 0.2) is 60.1 Å². The molecule has 2 N–H and O–H groups in total. The van der Waals surface area contributed by atoms with Crippen molar-refractivity contribution < 1.29 is 9.53 Å². The van der Waals surface area contributed by atoms with E-state index in [1.54, 1.807) is 7.11 Å². The maximum absolute atomic E-state index is 12.3.